The first kappa shape index (κ1) is 14.2. The van der Waals surface area contributed by atoms with E-state index in [0.717, 1.165) is 16.6 Å². The summed E-state index contributed by atoms with van der Waals surface area (Å²) in [4.78, 5) is 13.2. The highest BCUT2D eigenvalue weighted by Gasteiger charge is 2.21. The number of nitrogens with zero attached hydrogens (tertiary/aromatic N) is 1. The average molecular weight is 281 g/mol. The van der Waals surface area contributed by atoms with Gasteiger partial charge < -0.3 is 9.72 Å². The predicted octanol–water partition coefficient (Wildman–Crippen LogP) is 0.295. The number of hydrogen-bond donors (Lipinski definition) is 1. The van der Waals surface area contributed by atoms with E-state index in [1.807, 2.05) is 0 Å². The molecule has 96 valence electrons. The second-order valence-corrected chi connectivity index (χ2v) is 5.78. The minimum Gasteiger partial charge on any atom is -0.383 e. The molecular formula is C9H13ClN2O4S. The lowest BCUT2D eigenvalue weighted by Crippen LogP contribution is -2.30. The minimum absolute atomic E-state index is 0.0549. The molecule has 1 aromatic rings. The molecule has 0 aliphatic heterocycles. The third kappa shape index (κ3) is 3.29. The fourth-order valence-electron chi connectivity index (χ4n) is 1.11. The Hall–Kier alpha value is -0.890. The summed E-state index contributed by atoms with van der Waals surface area (Å²) >= 11 is 5.58. The van der Waals surface area contributed by atoms with E-state index in [4.69, 9.17) is 16.3 Å². The number of sulfonamides is 1. The number of likely N-dealkylation sites (N-methyl/N-ethyl adjacent to an activating group) is 1. The number of ether oxygens (including phenoxy) is 1. The lowest BCUT2D eigenvalue weighted by Gasteiger charge is -2.16. The van der Waals surface area contributed by atoms with Gasteiger partial charge in [0.2, 0.25) is 10.0 Å². The van der Waals surface area contributed by atoms with Crippen molar-refractivity contribution in [3.8, 4) is 0 Å². The summed E-state index contributed by atoms with van der Waals surface area (Å²) in [6.07, 6.45) is 1.12. The SMILES string of the molecule is COCCN(C)S(=O)(=O)c1c[nH]c(=O)c(Cl)c1. The zero-order valence-electron chi connectivity index (χ0n) is 9.44. The molecule has 0 aliphatic carbocycles. The molecule has 1 rings (SSSR count). The van der Waals surface area contributed by atoms with Crippen LogP contribution in [0.1, 0.15) is 0 Å². The number of aromatic amines is 1. The maximum Gasteiger partial charge on any atom is 0.266 e. The van der Waals surface area contributed by atoms with Crippen LogP contribution in [0.3, 0.4) is 0 Å². The standard InChI is InChI=1S/C9H13ClN2O4S/c1-12(3-4-16-2)17(14,15)7-5-8(10)9(13)11-6-7/h5-6H,3-4H2,1-2H3,(H,11,13). The van der Waals surface area contributed by atoms with Crippen molar-refractivity contribution in [3.05, 3.63) is 27.6 Å². The van der Waals surface area contributed by atoms with Gasteiger partial charge in [-0.1, -0.05) is 11.6 Å². The van der Waals surface area contributed by atoms with Crippen molar-refractivity contribution in [2.24, 2.45) is 0 Å². The van der Waals surface area contributed by atoms with Crippen LogP contribution in [-0.4, -0.2) is 45.0 Å². The fourth-order valence-corrected chi connectivity index (χ4v) is 2.49. The predicted molar refractivity (Wildman–Crippen MR) is 63.8 cm³/mol. The summed E-state index contributed by atoms with van der Waals surface area (Å²) in [6.45, 7) is 0.502. The van der Waals surface area contributed by atoms with Gasteiger partial charge >= 0.3 is 0 Å². The highest BCUT2D eigenvalue weighted by atomic mass is 35.5. The zero-order chi connectivity index (χ0) is 13.1. The quantitative estimate of drug-likeness (QED) is 0.841. The monoisotopic (exact) mass is 280 g/mol. The molecule has 1 heterocycles. The van der Waals surface area contributed by atoms with Crippen molar-refractivity contribution in [2.75, 3.05) is 27.3 Å². The number of hydrogen-bond acceptors (Lipinski definition) is 4. The Kier molecular flexibility index (Phi) is 4.70. The molecular weight excluding hydrogens is 268 g/mol. The molecule has 0 spiro atoms. The van der Waals surface area contributed by atoms with Crippen molar-refractivity contribution in [1.82, 2.24) is 9.29 Å². The number of H-pyrrole nitrogens is 1. The van der Waals surface area contributed by atoms with Gasteiger partial charge in [-0.25, -0.2) is 8.42 Å². The lowest BCUT2D eigenvalue weighted by molar-refractivity contribution is 0.185. The zero-order valence-corrected chi connectivity index (χ0v) is 11.0. The fraction of sp³-hybridized carbons (Fsp3) is 0.444. The Morgan fingerprint density at radius 1 is 1.53 bits per heavy atom. The summed E-state index contributed by atoms with van der Waals surface area (Å²) in [7, 11) is -0.744. The molecule has 1 N–H and O–H groups in total. The van der Waals surface area contributed by atoms with Gasteiger partial charge in [-0.15, -0.1) is 0 Å². The van der Waals surface area contributed by atoms with Crippen molar-refractivity contribution in [1.29, 1.82) is 0 Å². The molecule has 0 aromatic carbocycles. The van der Waals surface area contributed by atoms with Crippen LogP contribution in [0.2, 0.25) is 5.02 Å². The van der Waals surface area contributed by atoms with E-state index < -0.39 is 15.6 Å². The van der Waals surface area contributed by atoms with E-state index >= 15 is 0 Å². The largest absolute Gasteiger partial charge is 0.383 e. The Balaban J connectivity index is 3.04. The second-order valence-electron chi connectivity index (χ2n) is 3.33. The summed E-state index contributed by atoms with van der Waals surface area (Å²) < 4.78 is 29.9. The van der Waals surface area contributed by atoms with Gasteiger partial charge in [0, 0.05) is 26.9 Å². The van der Waals surface area contributed by atoms with E-state index in [1.165, 1.54) is 14.2 Å². The first-order valence-electron chi connectivity index (χ1n) is 4.73. The van der Waals surface area contributed by atoms with Gasteiger partial charge in [0.05, 0.1) is 11.5 Å². The minimum atomic E-state index is -3.65. The third-order valence-corrected chi connectivity index (χ3v) is 4.27. The van der Waals surface area contributed by atoms with Gasteiger partial charge in [0.1, 0.15) is 5.02 Å². The van der Waals surface area contributed by atoms with Crippen LogP contribution in [0, 0.1) is 0 Å². The summed E-state index contributed by atoms with van der Waals surface area (Å²) in [5.41, 5.74) is -0.523. The maximum absolute atomic E-state index is 12.0. The number of rotatable bonds is 5. The Bertz CT molecular complexity index is 540. The molecule has 6 nitrogen and oxygen atoms in total. The Morgan fingerprint density at radius 3 is 2.71 bits per heavy atom. The van der Waals surface area contributed by atoms with E-state index in [0.29, 0.717) is 0 Å². The van der Waals surface area contributed by atoms with Gasteiger partial charge in [-0.2, -0.15) is 4.31 Å². The van der Waals surface area contributed by atoms with Crippen LogP contribution in [0.4, 0.5) is 0 Å². The summed E-state index contributed by atoms with van der Waals surface area (Å²) in [6, 6.07) is 1.12. The molecule has 0 unspecified atom stereocenters. The molecule has 0 atom stereocenters. The maximum atomic E-state index is 12.0. The van der Waals surface area contributed by atoms with Crippen molar-refractivity contribution in [3.63, 3.8) is 0 Å². The highest BCUT2D eigenvalue weighted by molar-refractivity contribution is 7.89. The first-order valence-corrected chi connectivity index (χ1v) is 6.55. The molecule has 1 aromatic heterocycles. The first-order chi connectivity index (χ1) is 7.89. The molecule has 0 saturated heterocycles. The normalized spacial score (nSPS) is 12.0. The van der Waals surface area contributed by atoms with Crippen molar-refractivity contribution < 1.29 is 13.2 Å². The Morgan fingerprint density at radius 2 is 2.18 bits per heavy atom. The van der Waals surface area contributed by atoms with Gasteiger partial charge in [0.25, 0.3) is 5.56 Å². The molecule has 0 bridgehead atoms. The van der Waals surface area contributed by atoms with Crippen molar-refractivity contribution >= 4 is 21.6 Å². The number of halogens is 1. The molecule has 0 fully saturated rings. The molecule has 8 heteroatoms. The number of pyridine rings is 1. The molecule has 0 aliphatic rings. The van der Waals surface area contributed by atoms with E-state index in [2.05, 4.69) is 4.98 Å². The second kappa shape index (κ2) is 5.63. The van der Waals surface area contributed by atoms with Crippen LogP contribution in [-0.2, 0) is 14.8 Å². The topological polar surface area (TPSA) is 79.5 Å². The van der Waals surface area contributed by atoms with Crippen LogP contribution < -0.4 is 5.56 Å². The molecule has 17 heavy (non-hydrogen) atoms. The van der Waals surface area contributed by atoms with E-state index in [1.54, 1.807) is 0 Å². The average Bonchev–Trinajstić information content (AvgIpc) is 2.29. The van der Waals surface area contributed by atoms with Crippen LogP contribution in [0.5, 0.6) is 0 Å². The van der Waals surface area contributed by atoms with Crippen LogP contribution in [0.25, 0.3) is 0 Å². The van der Waals surface area contributed by atoms with E-state index in [9.17, 15) is 13.2 Å². The lowest BCUT2D eigenvalue weighted by atomic mass is 10.5. The number of nitrogens with one attached hydrogen (secondary N) is 1. The van der Waals surface area contributed by atoms with Gasteiger partial charge in [-0.05, 0) is 6.07 Å². The van der Waals surface area contributed by atoms with Crippen LogP contribution >= 0.6 is 11.6 Å². The highest BCUT2D eigenvalue weighted by Crippen LogP contribution is 2.14. The van der Waals surface area contributed by atoms with Gasteiger partial charge in [-0.3, -0.25) is 4.79 Å². The molecule has 0 saturated carbocycles. The van der Waals surface area contributed by atoms with Crippen LogP contribution in [0.15, 0.2) is 22.0 Å². The summed E-state index contributed by atoms with van der Waals surface area (Å²) in [5, 5.41) is -0.161. The van der Waals surface area contributed by atoms with E-state index in [-0.39, 0.29) is 23.1 Å². The van der Waals surface area contributed by atoms with Crippen molar-refractivity contribution in [2.45, 2.75) is 4.90 Å². The molecule has 0 amide bonds. The third-order valence-electron chi connectivity index (χ3n) is 2.15. The molecule has 0 radical (unpaired) electrons. The Labute approximate surface area is 104 Å². The number of aromatic nitrogens is 1. The number of methoxy groups -OCH3 is 1. The smallest absolute Gasteiger partial charge is 0.266 e. The van der Waals surface area contributed by atoms with Gasteiger partial charge in [0.15, 0.2) is 0 Å². The summed E-state index contributed by atoms with van der Waals surface area (Å²) in [5.74, 6) is 0.